The monoisotopic (exact) mass is 500 g/mol. The van der Waals surface area contributed by atoms with Crippen molar-refractivity contribution in [2.75, 3.05) is 30.0 Å². The first-order chi connectivity index (χ1) is 18.1. The number of benzene rings is 3. The molecule has 0 saturated heterocycles. The van der Waals surface area contributed by atoms with E-state index in [9.17, 15) is 19.6 Å². The summed E-state index contributed by atoms with van der Waals surface area (Å²) in [5.41, 5.74) is 2.91. The Hall–Kier alpha value is -4.89. The molecule has 0 radical (unpaired) electrons. The highest BCUT2D eigenvalue weighted by atomic mass is 16.3. The summed E-state index contributed by atoms with van der Waals surface area (Å²) in [4.78, 5) is 44.5. The van der Waals surface area contributed by atoms with Crippen LogP contribution in [0.15, 0.2) is 93.6 Å². The van der Waals surface area contributed by atoms with Crippen LogP contribution in [0.2, 0.25) is 0 Å². The normalized spacial score (nSPS) is 12.0. The van der Waals surface area contributed by atoms with Crippen LogP contribution in [-0.4, -0.2) is 19.6 Å². The molecule has 3 rings (SSSR count). The van der Waals surface area contributed by atoms with Crippen molar-refractivity contribution in [3.05, 3.63) is 109 Å². The smallest absolute Gasteiger partial charge is 0.209 e. The fraction of sp³-hybridized carbons (Fsp3) is 0.240. The Balaban J connectivity index is 1.50. The van der Waals surface area contributed by atoms with Gasteiger partial charge in [-0.25, -0.2) is 0 Å². The Morgan fingerprint density at radius 2 is 1.54 bits per heavy atom. The van der Waals surface area contributed by atoms with Crippen LogP contribution in [0.4, 0.5) is 17.1 Å². The Bertz CT molecular complexity index is 1250. The van der Waals surface area contributed by atoms with Gasteiger partial charge in [0.2, 0.25) is 6.19 Å². The lowest BCUT2D eigenvalue weighted by atomic mass is 10.1. The van der Waals surface area contributed by atoms with Crippen LogP contribution in [0.1, 0.15) is 28.8 Å². The second kappa shape index (κ2) is 13.9. The van der Waals surface area contributed by atoms with E-state index in [0.717, 1.165) is 16.8 Å². The van der Waals surface area contributed by atoms with E-state index < -0.39 is 12.1 Å². The van der Waals surface area contributed by atoms with Crippen molar-refractivity contribution in [1.82, 2.24) is 5.32 Å². The first-order valence-corrected chi connectivity index (χ1v) is 11.4. The highest BCUT2D eigenvalue weighted by Gasteiger charge is 2.18. The Labute approximate surface area is 212 Å². The Morgan fingerprint density at radius 1 is 0.838 bits per heavy atom. The van der Waals surface area contributed by atoms with Crippen LogP contribution in [0, 0.1) is 31.1 Å². The molecule has 37 heavy (non-hydrogen) atoms. The largest absolute Gasteiger partial charge is 0.382 e. The fourth-order valence-electron chi connectivity index (χ4n) is 3.69. The van der Waals surface area contributed by atoms with Gasteiger partial charge in [0.25, 0.3) is 0 Å². The molecule has 0 aliphatic heterocycles. The minimum Gasteiger partial charge on any atom is -0.382 e. The molecule has 3 aromatic rings. The molecule has 0 spiro atoms. The molecule has 12 heteroatoms. The first-order valence-electron chi connectivity index (χ1n) is 11.4. The number of anilines is 2. The van der Waals surface area contributed by atoms with Crippen molar-refractivity contribution in [2.24, 2.45) is 20.8 Å². The van der Waals surface area contributed by atoms with Gasteiger partial charge in [0.05, 0.1) is 5.29 Å². The molecule has 0 fully saturated rings. The average Bonchev–Trinajstić information content (AvgIpc) is 2.95. The van der Waals surface area contributed by atoms with Gasteiger partial charge in [-0.3, -0.25) is 0 Å². The molecule has 3 aromatic carbocycles. The number of rotatable bonds is 15. The summed E-state index contributed by atoms with van der Waals surface area (Å²) in [5, 5.41) is 27.5. The third-order valence-corrected chi connectivity index (χ3v) is 5.71. The fourth-order valence-corrected chi connectivity index (χ4v) is 3.69. The molecule has 12 nitrogen and oxygen atoms in total. The van der Waals surface area contributed by atoms with E-state index in [4.69, 9.17) is 5.26 Å². The molecular formula is C25H24N8O4. The number of nitrogens with one attached hydrogen (secondary N) is 2. The summed E-state index contributed by atoms with van der Waals surface area (Å²) >= 11 is 0. The van der Waals surface area contributed by atoms with Crippen LogP contribution in [0.3, 0.4) is 0 Å². The first kappa shape index (κ1) is 26.7. The maximum absolute atomic E-state index is 11.4. The number of hydrogen-bond acceptors (Lipinski definition) is 11. The van der Waals surface area contributed by atoms with Gasteiger partial charge in [0.1, 0.15) is 23.5 Å². The van der Waals surface area contributed by atoms with E-state index in [1.165, 1.54) is 24.4 Å². The Kier molecular flexibility index (Phi) is 10.0. The summed E-state index contributed by atoms with van der Waals surface area (Å²) in [6.45, 7) is 1.15. The molecular weight excluding hydrogens is 476 g/mol. The number of nitroso groups, excluding NO2 is 4. The number of nitriles is 1. The van der Waals surface area contributed by atoms with Crippen molar-refractivity contribution in [2.45, 2.75) is 18.5 Å². The molecule has 2 atom stereocenters. The van der Waals surface area contributed by atoms with Crippen molar-refractivity contribution in [3.8, 4) is 6.19 Å². The summed E-state index contributed by atoms with van der Waals surface area (Å²) in [6.07, 6.45) is 2.22. The van der Waals surface area contributed by atoms with Crippen molar-refractivity contribution in [1.29, 1.82) is 5.26 Å². The molecule has 2 N–H and O–H groups in total. The van der Waals surface area contributed by atoms with E-state index >= 15 is 0 Å². The van der Waals surface area contributed by atoms with Crippen LogP contribution in [-0.2, 0) is 6.42 Å². The van der Waals surface area contributed by atoms with Gasteiger partial charge in [-0.2, -0.15) is 15.1 Å². The van der Waals surface area contributed by atoms with Crippen LogP contribution in [0.25, 0.3) is 0 Å². The van der Waals surface area contributed by atoms with Gasteiger partial charge in [0, 0.05) is 18.8 Å². The van der Waals surface area contributed by atoms with Gasteiger partial charge in [-0.15, -0.1) is 14.8 Å². The number of hydrogen-bond donors (Lipinski definition) is 2. The van der Waals surface area contributed by atoms with Crippen molar-refractivity contribution < 1.29 is 0 Å². The zero-order valence-electron chi connectivity index (χ0n) is 19.7. The van der Waals surface area contributed by atoms with E-state index in [1.807, 2.05) is 54.6 Å². The molecule has 0 aromatic heterocycles. The maximum atomic E-state index is 11.4. The lowest BCUT2D eigenvalue weighted by Gasteiger charge is -2.14. The van der Waals surface area contributed by atoms with Gasteiger partial charge in [-0.1, -0.05) is 58.9 Å². The lowest BCUT2D eigenvalue weighted by molar-refractivity contribution is 0.598. The summed E-state index contributed by atoms with van der Waals surface area (Å²) < 4.78 is 0. The second-order valence-electron chi connectivity index (χ2n) is 8.02. The van der Waals surface area contributed by atoms with Crippen molar-refractivity contribution >= 4 is 17.1 Å². The molecule has 0 heterocycles. The highest BCUT2D eigenvalue weighted by molar-refractivity contribution is 5.69. The summed E-state index contributed by atoms with van der Waals surface area (Å²) in [5.74, 6) is 0. The average molecular weight is 501 g/mol. The predicted octanol–water partition coefficient (Wildman–Crippen LogP) is 5.61. The van der Waals surface area contributed by atoms with Gasteiger partial charge in [0.15, 0.2) is 0 Å². The topological polar surface area (TPSA) is 169 Å². The third-order valence-electron chi connectivity index (χ3n) is 5.71. The SMILES string of the molecule is N#CN(N=O)c1cc(C(CNCCc2ccc(NCC(N=O)c3ccccc3)cc2)N=O)ccc1N=O. The zero-order valence-corrected chi connectivity index (χ0v) is 19.7. The summed E-state index contributed by atoms with van der Waals surface area (Å²) in [6, 6.07) is 19.9. The maximum Gasteiger partial charge on any atom is 0.209 e. The molecule has 0 aliphatic carbocycles. The quantitative estimate of drug-likeness (QED) is 0.0891. The van der Waals surface area contributed by atoms with E-state index in [-0.39, 0.29) is 17.9 Å². The van der Waals surface area contributed by atoms with E-state index in [1.54, 1.807) is 0 Å². The lowest BCUT2D eigenvalue weighted by Crippen LogP contribution is -2.23. The minimum absolute atomic E-state index is 0.119. The van der Waals surface area contributed by atoms with E-state index in [2.05, 4.69) is 31.5 Å². The third kappa shape index (κ3) is 7.30. The highest BCUT2D eigenvalue weighted by Crippen LogP contribution is 2.32. The van der Waals surface area contributed by atoms with Crippen LogP contribution < -0.4 is 15.6 Å². The molecule has 188 valence electrons. The van der Waals surface area contributed by atoms with E-state index in [0.29, 0.717) is 30.1 Å². The van der Waals surface area contributed by atoms with Gasteiger partial charge >= 0.3 is 0 Å². The summed E-state index contributed by atoms with van der Waals surface area (Å²) in [7, 11) is 0. The van der Waals surface area contributed by atoms with Gasteiger partial charge < -0.3 is 10.6 Å². The molecule has 0 amide bonds. The number of nitrogens with zero attached hydrogens (tertiary/aromatic N) is 6. The molecule has 0 bridgehead atoms. The van der Waals surface area contributed by atoms with Crippen LogP contribution in [0.5, 0.6) is 0 Å². The zero-order chi connectivity index (χ0) is 26.5. The standard InChI is InChI=1S/C25H24N8O4/c26-17-33(32-37)25-14-20(8-11-22(25)29-34)23(30-35)15-27-13-12-18-6-9-21(10-7-18)28-16-24(31-36)19-4-2-1-3-5-19/h1-11,14,23-24,27-28H,12-13,15-16H2. The minimum atomic E-state index is -0.817. The van der Waals surface area contributed by atoms with Crippen molar-refractivity contribution in [3.63, 3.8) is 0 Å². The molecule has 2 unspecified atom stereocenters. The van der Waals surface area contributed by atoms with Crippen LogP contribution >= 0.6 is 0 Å². The second-order valence-corrected chi connectivity index (χ2v) is 8.02. The molecule has 0 aliphatic rings. The Morgan fingerprint density at radius 3 is 2.16 bits per heavy atom. The predicted molar refractivity (Wildman–Crippen MR) is 141 cm³/mol. The molecule has 0 saturated carbocycles. The van der Waals surface area contributed by atoms with Gasteiger partial charge in [-0.05, 0) is 59.1 Å².